The van der Waals surface area contributed by atoms with Crippen LogP contribution in [0.15, 0.2) is 36.5 Å². The van der Waals surface area contributed by atoms with E-state index in [4.69, 9.17) is 10.5 Å². The van der Waals surface area contributed by atoms with E-state index >= 15 is 0 Å². The van der Waals surface area contributed by atoms with E-state index in [2.05, 4.69) is 41.2 Å². The van der Waals surface area contributed by atoms with E-state index in [-0.39, 0.29) is 6.04 Å². The Labute approximate surface area is 125 Å². The minimum Gasteiger partial charge on any atom is -0.381 e. The number of likely N-dealkylation sites (N-methyl/N-ethyl adjacent to an activating group) is 1. The second kappa shape index (κ2) is 6.52. The molecule has 112 valence electrons. The highest BCUT2D eigenvalue weighted by molar-refractivity contribution is 5.79. The molecule has 1 aromatic heterocycles. The fraction of sp³-hybridized carbons (Fsp3) is 0.471. The first kappa shape index (κ1) is 14.4. The van der Waals surface area contributed by atoms with Crippen LogP contribution in [-0.2, 0) is 4.74 Å². The van der Waals surface area contributed by atoms with Gasteiger partial charge in [-0.25, -0.2) is 0 Å². The van der Waals surface area contributed by atoms with Crippen LogP contribution < -0.4 is 5.73 Å². The van der Waals surface area contributed by atoms with Crippen molar-refractivity contribution in [2.45, 2.75) is 24.9 Å². The smallest absolute Gasteiger partial charge is 0.0702 e. The number of ether oxygens (including phenoxy) is 1. The molecular formula is C17H23N3O. The summed E-state index contributed by atoms with van der Waals surface area (Å²) in [4.78, 5) is 6.80. The predicted octanol–water partition coefficient (Wildman–Crippen LogP) is 2.35. The lowest BCUT2D eigenvalue weighted by atomic mass is 9.99. The molecule has 0 spiro atoms. The minimum absolute atomic E-state index is 0.248. The molecule has 2 N–H and O–H groups in total. The van der Waals surface area contributed by atoms with E-state index in [1.807, 2.05) is 12.3 Å². The van der Waals surface area contributed by atoms with Crippen LogP contribution >= 0.6 is 0 Å². The molecule has 0 aliphatic carbocycles. The fourth-order valence-electron chi connectivity index (χ4n) is 3.19. The maximum absolute atomic E-state index is 6.07. The summed E-state index contributed by atoms with van der Waals surface area (Å²) in [5.41, 5.74) is 8.37. The van der Waals surface area contributed by atoms with Gasteiger partial charge in [0.1, 0.15) is 0 Å². The van der Waals surface area contributed by atoms with Crippen molar-refractivity contribution in [3.05, 3.63) is 42.1 Å². The Balaban J connectivity index is 1.86. The van der Waals surface area contributed by atoms with Gasteiger partial charge < -0.3 is 10.5 Å². The molecule has 4 heteroatoms. The zero-order valence-electron chi connectivity index (χ0n) is 12.5. The fourth-order valence-corrected chi connectivity index (χ4v) is 3.19. The third kappa shape index (κ3) is 3.07. The highest BCUT2D eigenvalue weighted by atomic mass is 16.5. The first-order chi connectivity index (χ1) is 10.3. The Kier molecular flexibility index (Phi) is 4.48. The van der Waals surface area contributed by atoms with Gasteiger partial charge in [-0.2, -0.15) is 0 Å². The van der Waals surface area contributed by atoms with Crippen LogP contribution in [0.1, 0.15) is 24.4 Å². The number of nitrogens with two attached hydrogens (primary N) is 1. The van der Waals surface area contributed by atoms with E-state index in [9.17, 15) is 0 Å². The van der Waals surface area contributed by atoms with Crippen molar-refractivity contribution in [1.29, 1.82) is 0 Å². The van der Waals surface area contributed by atoms with E-state index in [1.165, 1.54) is 10.9 Å². The molecule has 0 bridgehead atoms. The normalized spacial score (nSPS) is 18.2. The van der Waals surface area contributed by atoms with E-state index in [0.29, 0.717) is 12.6 Å². The summed E-state index contributed by atoms with van der Waals surface area (Å²) in [7, 11) is 2.18. The molecule has 3 rings (SSSR count). The Hall–Kier alpha value is -1.49. The topological polar surface area (TPSA) is 51.4 Å². The lowest BCUT2D eigenvalue weighted by Gasteiger charge is -2.37. The molecule has 0 radical (unpaired) electrons. The maximum Gasteiger partial charge on any atom is 0.0702 e. The standard InChI is InChI=1S/C17H23N3O/c1-20(15-6-9-21-10-7-15)17(12-18)14-4-5-16-13(11-14)3-2-8-19-16/h2-5,8,11,15,17H,6-7,9-10,12,18H2,1H3. The molecule has 1 saturated heterocycles. The van der Waals surface area contributed by atoms with Crippen molar-refractivity contribution in [2.24, 2.45) is 5.73 Å². The van der Waals surface area contributed by atoms with Gasteiger partial charge in [-0.3, -0.25) is 9.88 Å². The van der Waals surface area contributed by atoms with Crippen LogP contribution in [0.3, 0.4) is 0 Å². The minimum atomic E-state index is 0.248. The van der Waals surface area contributed by atoms with Crippen molar-refractivity contribution in [1.82, 2.24) is 9.88 Å². The van der Waals surface area contributed by atoms with Crippen LogP contribution in [0.5, 0.6) is 0 Å². The molecule has 21 heavy (non-hydrogen) atoms. The number of hydrogen-bond acceptors (Lipinski definition) is 4. The van der Waals surface area contributed by atoms with Gasteiger partial charge in [0.05, 0.1) is 5.52 Å². The molecule has 2 heterocycles. The summed E-state index contributed by atoms with van der Waals surface area (Å²) in [5, 5.41) is 1.17. The lowest BCUT2D eigenvalue weighted by Crippen LogP contribution is -2.41. The lowest BCUT2D eigenvalue weighted by molar-refractivity contribution is 0.0294. The number of nitrogens with zero attached hydrogens (tertiary/aromatic N) is 2. The van der Waals surface area contributed by atoms with Crippen molar-refractivity contribution in [2.75, 3.05) is 26.8 Å². The van der Waals surface area contributed by atoms with Crippen molar-refractivity contribution >= 4 is 10.9 Å². The Morgan fingerprint density at radius 2 is 2.14 bits per heavy atom. The molecule has 1 unspecified atom stereocenters. The third-order valence-corrected chi connectivity index (χ3v) is 4.49. The molecule has 4 nitrogen and oxygen atoms in total. The maximum atomic E-state index is 6.07. The zero-order chi connectivity index (χ0) is 14.7. The van der Waals surface area contributed by atoms with Gasteiger partial charge >= 0.3 is 0 Å². The number of rotatable bonds is 4. The molecular weight excluding hydrogens is 262 g/mol. The Morgan fingerprint density at radius 3 is 2.90 bits per heavy atom. The summed E-state index contributed by atoms with van der Waals surface area (Å²) in [6.45, 7) is 2.33. The molecule has 1 fully saturated rings. The van der Waals surface area contributed by atoms with Crippen LogP contribution in [0.4, 0.5) is 0 Å². The highest BCUT2D eigenvalue weighted by Crippen LogP contribution is 2.26. The first-order valence-electron chi connectivity index (χ1n) is 7.64. The van der Waals surface area contributed by atoms with Crippen LogP contribution in [0.25, 0.3) is 10.9 Å². The molecule has 1 aromatic carbocycles. The summed E-state index contributed by atoms with van der Waals surface area (Å²) in [5.74, 6) is 0. The number of fused-ring (bicyclic) bond motifs is 1. The summed E-state index contributed by atoms with van der Waals surface area (Å²) in [6, 6.07) is 11.3. The highest BCUT2D eigenvalue weighted by Gasteiger charge is 2.25. The van der Waals surface area contributed by atoms with Gasteiger partial charge in [0.15, 0.2) is 0 Å². The van der Waals surface area contributed by atoms with Crippen LogP contribution in [0, 0.1) is 0 Å². The molecule has 1 aliphatic heterocycles. The molecule has 0 amide bonds. The summed E-state index contributed by atoms with van der Waals surface area (Å²) >= 11 is 0. The van der Waals surface area contributed by atoms with Gasteiger partial charge in [-0.15, -0.1) is 0 Å². The van der Waals surface area contributed by atoms with Gasteiger partial charge in [0.2, 0.25) is 0 Å². The average molecular weight is 285 g/mol. The molecule has 0 saturated carbocycles. The van der Waals surface area contributed by atoms with Crippen LogP contribution in [-0.4, -0.2) is 42.7 Å². The summed E-state index contributed by atoms with van der Waals surface area (Å²) in [6.07, 6.45) is 4.00. The van der Waals surface area contributed by atoms with Crippen LogP contribution in [0.2, 0.25) is 0 Å². The first-order valence-corrected chi connectivity index (χ1v) is 7.64. The second-order valence-electron chi connectivity index (χ2n) is 5.72. The summed E-state index contributed by atoms with van der Waals surface area (Å²) < 4.78 is 5.46. The monoisotopic (exact) mass is 285 g/mol. The van der Waals surface area contributed by atoms with Gasteiger partial charge in [0, 0.05) is 43.4 Å². The predicted molar refractivity (Wildman–Crippen MR) is 85.1 cm³/mol. The SMILES string of the molecule is CN(C1CCOCC1)C(CN)c1ccc2ncccc2c1. The largest absolute Gasteiger partial charge is 0.381 e. The molecule has 1 aliphatic rings. The van der Waals surface area contributed by atoms with Gasteiger partial charge in [0.25, 0.3) is 0 Å². The van der Waals surface area contributed by atoms with Gasteiger partial charge in [-0.05, 0) is 43.7 Å². The van der Waals surface area contributed by atoms with Crippen molar-refractivity contribution < 1.29 is 4.74 Å². The molecule has 1 atom stereocenters. The van der Waals surface area contributed by atoms with E-state index < -0.39 is 0 Å². The van der Waals surface area contributed by atoms with E-state index in [1.54, 1.807) is 0 Å². The quantitative estimate of drug-likeness (QED) is 0.937. The Morgan fingerprint density at radius 1 is 1.33 bits per heavy atom. The third-order valence-electron chi connectivity index (χ3n) is 4.49. The van der Waals surface area contributed by atoms with E-state index in [0.717, 1.165) is 31.6 Å². The average Bonchev–Trinajstić information content (AvgIpc) is 2.56. The Bertz CT molecular complexity index is 595. The number of hydrogen-bond donors (Lipinski definition) is 1. The number of benzene rings is 1. The zero-order valence-corrected chi connectivity index (χ0v) is 12.5. The number of aromatic nitrogens is 1. The van der Waals surface area contributed by atoms with Gasteiger partial charge in [-0.1, -0.05) is 12.1 Å². The number of pyridine rings is 1. The second-order valence-corrected chi connectivity index (χ2v) is 5.72. The van der Waals surface area contributed by atoms with Crippen molar-refractivity contribution in [3.63, 3.8) is 0 Å². The molecule has 2 aromatic rings. The van der Waals surface area contributed by atoms with Crippen molar-refractivity contribution in [3.8, 4) is 0 Å².